The van der Waals surface area contributed by atoms with Gasteiger partial charge in [-0.2, -0.15) is 0 Å². The summed E-state index contributed by atoms with van der Waals surface area (Å²) in [4.78, 5) is 10.9. The first-order chi connectivity index (χ1) is 9.04. The van der Waals surface area contributed by atoms with Gasteiger partial charge in [0, 0.05) is 12.6 Å². The summed E-state index contributed by atoms with van der Waals surface area (Å²) in [7, 11) is 0. The molecule has 0 aromatic heterocycles. The molecule has 1 aromatic rings. The number of ether oxygens (including phenoxy) is 2. The largest absolute Gasteiger partial charge is 0.461 e. The van der Waals surface area contributed by atoms with Gasteiger partial charge in [0.25, 0.3) is 0 Å². The predicted molar refractivity (Wildman–Crippen MR) is 70.9 cm³/mol. The molecule has 1 heterocycles. The summed E-state index contributed by atoms with van der Waals surface area (Å²) in [5, 5.41) is 12.1. The molecule has 102 valence electrons. The minimum atomic E-state index is -0.595. The molecule has 2 N–H and O–H groups in total. The predicted octanol–water partition coefficient (Wildman–Crippen LogP) is 1.69. The smallest absolute Gasteiger partial charge is 0.221 e. The molecule has 0 radical (unpaired) electrons. The fourth-order valence-corrected chi connectivity index (χ4v) is 1.72. The van der Waals surface area contributed by atoms with Crippen LogP contribution in [0.3, 0.4) is 0 Å². The first kappa shape index (κ1) is 13.6. The lowest BCUT2D eigenvalue weighted by molar-refractivity contribution is -0.122. The highest BCUT2D eigenvalue weighted by Gasteiger charge is 2.22. The molecule has 5 heteroatoms. The molecule has 1 amide bonds. The van der Waals surface area contributed by atoms with Crippen molar-refractivity contribution in [1.82, 2.24) is 0 Å². The Labute approximate surface area is 111 Å². The van der Waals surface area contributed by atoms with Gasteiger partial charge in [-0.05, 0) is 37.3 Å². The van der Waals surface area contributed by atoms with Crippen molar-refractivity contribution in [3.8, 4) is 5.75 Å². The lowest BCUT2D eigenvalue weighted by Crippen LogP contribution is -2.35. The molecule has 0 saturated carbocycles. The number of nitrogens with one attached hydrogen (secondary N) is 1. The van der Waals surface area contributed by atoms with Gasteiger partial charge >= 0.3 is 0 Å². The highest BCUT2D eigenvalue weighted by Crippen LogP contribution is 2.20. The van der Waals surface area contributed by atoms with Gasteiger partial charge in [-0.25, -0.2) is 0 Å². The van der Waals surface area contributed by atoms with Gasteiger partial charge in [0.15, 0.2) is 0 Å². The monoisotopic (exact) mass is 263 g/mol. The molecule has 19 heavy (non-hydrogen) atoms. The number of aliphatic hydroxyl groups is 1. The van der Waals surface area contributed by atoms with Crippen LogP contribution in [0, 0.1) is 0 Å². The summed E-state index contributed by atoms with van der Waals surface area (Å²) < 4.78 is 11.1. The van der Waals surface area contributed by atoms with Crippen molar-refractivity contribution in [3.63, 3.8) is 0 Å². The third-order valence-electron chi connectivity index (χ3n) is 2.72. The Morgan fingerprint density at radius 2 is 2.00 bits per heavy atom. The van der Waals surface area contributed by atoms with E-state index in [1.807, 2.05) is 0 Å². The summed E-state index contributed by atoms with van der Waals surface area (Å²) in [6.45, 7) is 3.24. The van der Waals surface area contributed by atoms with Crippen LogP contribution in [0.1, 0.15) is 13.8 Å². The van der Waals surface area contributed by atoms with E-state index in [4.69, 9.17) is 9.47 Å². The Morgan fingerprint density at radius 3 is 2.58 bits per heavy atom. The van der Waals surface area contributed by atoms with Crippen molar-refractivity contribution < 1.29 is 19.4 Å². The molecule has 1 aromatic carbocycles. The number of amides is 1. The third-order valence-corrected chi connectivity index (χ3v) is 2.72. The third kappa shape index (κ3) is 3.81. The summed E-state index contributed by atoms with van der Waals surface area (Å²) in [6, 6.07) is 7.00. The summed E-state index contributed by atoms with van der Waals surface area (Å²) in [5.41, 5.74) is 0.712. The van der Waals surface area contributed by atoms with Gasteiger partial charge in [0.1, 0.15) is 5.75 Å². The number of carbonyl (C=O) groups excluding carboxylic acids is 1. The van der Waals surface area contributed by atoms with Crippen LogP contribution < -0.4 is 10.1 Å². The van der Waals surface area contributed by atoms with E-state index in [9.17, 15) is 9.90 Å². The Hall–Kier alpha value is -1.85. The zero-order valence-corrected chi connectivity index (χ0v) is 10.9. The lowest BCUT2D eigenvalue weighted by atomic mass is 10.2. The van der Waals surface area contributed by atoms with Crippen molar-refractivity contribution in [2.24, 2.45) is 0 Å². The SMILES string of the molecule is CC(=O)Nc1ccc(OC2C=CC(O)C(C)O2)cc1. The van der Waals surface area contributed by atoms with E-state index in [1.54, 1.807) is 43.3 Å². The number of hydrogen-bond acceptors (Lipinski definition) is 4. The molecule has 0 saturated heterocycles. The minimum Gasteiger partial charge on any atom is -0.461 e. The lowest BCUT2D eigenvalue weighted by Gasteiger charge is -2.27. The summed E-state index contributed by atoms with van der Waals surface area (Å²) in [6.07, 6.45) is 1.93. The molecule has 0 fully saturated rings. The van der Waals surface area contributed by atoms with Gasteiger partial charge in [-0.1, -0.05) is 6.08 Å². The van der Waals surface area contributed by atoms with E-state index >= 15 is 0 Å². The number of anilines is 1. The highest BCUT2D eigenvalue weighted by molar-refractivity contribution is 5.88. The molecular formula is C14H17NO4. The first-order valence-corrected chi connectivity index (χ1v) is 6.11. The van der Waals surface area contributed by atoms with Crippen molar-refractivity contribution >= 4 is 11.6 Å². The Bertz CT molecular complexity index is 469. The Kier molecular flexibility index (Phi) is 4.19. The standard InChI is InChI=1S/C14H17NO4/c1-9-13(17)7-8-14(18-9)19-12-5-3-11(4-6-12)15-10(2)16/h3-9,13-14,17H,1-2H3,(H,15,16). The average Bonchev–Trinajstić information content (AvgIpc) is 2.36. The zero-order valence-electron chi connectivity index (χ0n) is 10.9. The molecule has 3 atom stereocenters. The molecule has 0 spiro atoms. The number of benzene rings is 1. The van der Waals surface area contributed by atoms with Crippen LogP contribution >= 0.6 is 0 Å². The van der Waals surface area contributed by atoms with Gasteiger partial charge in [-0.3, -0.25) is 4.79 Å². The van der Waals surface area contributed by atoms with Gasteiger partial charge in [-0.15, -0.1) is 0 Å². The number of hydrogen-bond donors (Lipinski definition) is 2. The van der Waals surface area contributed by atoms with Crippen molar-refractivity contribution in [3.05, 3.63) is 36.4 Å². The molecule has 0 bridgehead atoms. The number of carbonyl (C=O) groups is 1. The number of aliphatic hydroxyl groups excluding tert-OH is 1. The van der Waals surface area contributed by atoms with Crippen LogP contribution in [-0.4, -0.2) is 29.5 Å². The fraction of sp³-hybridized carbons (Fsp3) is 0.357. The van der Waals surface area contributed by atoms with E-state index < -0.39 is 12.4 Å². The van der Waals surface area contributed by atoms with Crippen molar-refractivity contribution in [2.75, 3.05) is 5.32 Å². The van der Waals surface area contributed by atoms with Crippen molar-refractivity contribution in [2.45, 2.75) is 32.3 Å². The topological polar surface area (TPSA) is 67.8 Å². The van der Waals surface area contributed by atoms with Gasteiger partial charge < -0.3 is 19.9 Å². The van der Waals surface area contributed by atoms with Crippen LogP contribution in [0.5, 0.6) is 5.75 Å². The van der Waals surface area contributed by atoms with E-state index in [1.165, 1.54) is 6.92 Å². The van der Waals surface area contributed by atoms with Crippen LogP contribution in [0.4, 0.5) is 5.69 Å². The fourth-order valence-electron chi connectivity index (χ4n) is 1.72. The van der Waals surface area contributed by atoms with E-state index in [2.05, 4.69) is 5.32 Å². The molecule has 2 rings (SSSR count). The van der Waals surface area contributed by atoms with E-state index in [0.717, 1.165) is 0 Å². The zero-order chi connectivity index (χ0) is 13.8. The summed E-state index contributed by atoms with van der Waals surface area (Å²) in [5.74, 6) is 0.516. The summed E-state index contributed by atoms with van der Waals surface area (Å²) >= 11 is 0. The van der Waals surface area contributed by atoms with Crippen LogP contribution in [0.15, 0.2) is 36.4 Å². The van der Waals surface area contributed by atoms with Crippen LogP contribution in [-0.2, 0) is 9.53 Å². The molecular weight excluding hydrogens is 246 g/mol. The minimum absolute atomic E-state index is 0.116. The van der Waals surface area contributed by atoms with Crippen molar-refractivity contribution in [1.29, 1.82) is 0 Å². The Morgan fingerprint density at radius 1 is 1.32 bits per heavy atom. The molecule has 0 aliphatic carbocycles. The second-order valence-electron chi connectivity index (χ2n) is 4.41. The van der Waals surface area contributed by atoms with Gasteiger partial charge in [0.2, 0.25) is 12.2 Å². The van der Waals surface area contributed by atoms with E-state index in [0.29, 0.717) is 11.4 Å². The molecule has 1 aliphatic rings. The first-order valence-electron chi connectivity index (χ1n) is 6.11. The maximum atomic E-state index is 10.9. The van der Waals surface area contributed by atoms with Crippen LogP contribution in [0.2, 0.25) is 0 Å². The molecule has 1 aliphatic heterocycles. The quantitative estimate of drug-likeness (QED) is 0.814. The average molecular weight is 263 g/mol. The highest BCUT2D eigenvalue weighted by atomic mass is 16.7. The second-order valence-corrected chi connectivity index (χ2v) is 4.41. The molecule has 3 unspecified atom stereocenters. The Balaban J connectivity index is 1.96. The maximum Gasteiger partial charge on any atom is 0.221 e. The van der Waals surface area contributed by atoms with Crippen LogP contribution in [0.25, 0.3) is 0 Å². The normalized spacial score (nSPS) is 25.9. The number of rotatable bonds is 3. The van der Waals surface area contributed by atoms with Gasteiger partial charge in [0.05, 0.1) is 12.2 Å². The second kappa shape index (κ2) is 5.86. The molecule has 5 nitrogen and oxygen atoms in total. The van der Waals surface area contributed by atoms with E-state index in [-0.39, 0.29) is 12.0 Å². The maximum absolute atomic E-state index is 10.9.